The molecule has 1 saturated heterocycles. The van der Waals surface area contributed by atoms with Gasteiger partial charge in [-0.25, -0.2) is 18.6 Å². The number of nitrogens with zero attached hydrogens (tertiary/aromatic N) is 1. The van der Waals surface area contributed by atoms with Crippen molar-refractivity contribution >= 4 is 21.8 Å². The first-order valence-electron chi connectivity index (χ1n) is 5.37. The monoisotopic (exact) mass is 287 g/mol. The first-order valence-corrected chi connectivity index (χ1v) is 6.81. The smallest absolute Gasteiger partial charge is 0.268 e. The maximum atomic E-state index is 11.9. The van der Waals surface area contributed by atoms with Crippen LogP contribution in [0.15, 0.2) is 16.7 Å². The summed E-state index contributed by atoms with van der Waals surface area (Å²) in [6, 6.07) is 1.35. The van der Waals surface area contributed by atoms with Crippen LogP contribution in [0.5, 0.6) is 0 Å². The second kappa shape index (κ2) is 4.07. The first kappa shape index (κ1) is 13.6. The van der Waals surface area contributed by atoms with E-state index < -0.39 is 26.6 Å². The number of nitrogen functional groups attached to an aromatic ring is 1. The number of nitrogens with two attached hydrogens (primary N) is 1. The summed E-state index contributed by atoms with van der Waals surface area (Å²) >= 11 is 0. The highest BCUT2D eigenvalue weighted by Gasteiger charge is 2.60. The zero-order chi connectivity index (χ0) is 14.4. The van der Waals surface area contributed by atoms with Crippen LogP contribution in [0, 0.1) is 0 Å². The van der Waals surface area contributed by atoms with E-state index in [1.165, 1.54) is 26.2 Å². The van der Waals surface area contributed by atoms with E-state index in [9.17, 15) is 18.0 Å². The Morgan fingerprint density at radius 1 is 1.53 bits per heavy atom. The van der Waals surface area contributed by atoms with Gasteiger partial charge in [-0.3, -0.25) is 15.0 Å². The van der Waals surface area contributed by atoms with Crippen LogP contribution in [0.1, 0.15) is 30.0 Å². The van der Waals surface area contributed by atoms with Gasteiger partial charge in [-0.2, -0.15) is 0 Å². The summed E-state index contributed by atoms with van der Waals surface area (Å²) in [6.07, 6.45) is 1.22. The third-order valence-electron chi connectivity index (χ3n) is 3.08. The third-order valence-corrected chi connectivity index (χ3v) is 5.42. The highest BCUT2D eigenvalue weighted by Crippen LogP contribution is 2.36. The molecule has 2 amide bonds. The second-order valence-electron chi connectivity index (χ2n) is 4.56. The Labute approximate surface area is 109 Å². The van der Waals surface area contributed by atoms with E-state index in [1.54, 1.807) is 0 Å². The molecule has 8 nitrogen and oxygen atoms in total. The fraction of sp³-hybridized carbons (Fsp3) is 0.400. The third kappa shape index (κ3) is 1.73. The molecule has 1 aliphatic rings. The summed E-state index contributed by atoms with van der Waals surface area (Å²) in [5, 5.41) is 0. The number of rotatable bonds is 3. The van der Waals surface area contributed by atoms with E-state index in [4.69, 9.17) is 10.3 Å². The minimum atomic E-state index is -3.71. The number of carbonyl (C=O) groups excluding carboxylic acids is 2. The SMILES string of the molecule is CC1(C)C(=O)N(Cc2occc2C(=O)NN)S1(=O)=O. The quantitative estimate of drug-likeness (QED) is 0.432. The number of furan rings is 1. The Bertz CT molecular complexity index is 646. The van der Waals surface area contributed by atoms with Crippen molar-refractivity contribution in [2.75, 3.05) is 0 Å². The molecule has 2 rings (SSSR count). The molecule has 0 unspecified atom stereocenters. The van der Waals surface area contributed by atoms with Gasteiger partial charge in [-0.15, -0.1) is 0 Å². The highest BCUT2D eigenvalue weighted by atomic mass is 32.2. The molecular formula is C10H13N3O5S. The topological polar surface area (TPSA) is 123 Å². The van der Waals surface area contributed by atoms with Gasteiger partial charge < -0.3 is 4.42 Å². The van der Waals surface area contributed by atoms with Gasteiger partial charge in [-0.05, 0) is 19.9 Å². The van der Waals surface area contributed by atoms with E-state index in [0.717, 1.165) is 0 Å². The number of sulfonamides is 1. The Hall–Kier alpha value is -1.87. The zero-order valence-corrected chi connectivity index (χ0v) is 11.2. The van der Waals surface area contributed by atoms with Crippen LogP contribution in [0.3, 0.4) is 0 Å². The number of hydrogen-bond donors (Lipinski definition) is 2. The number of hydrogen-bond acceptors (Lipinski definition) is 6. The molecule has 19 heavy (non-hydrogen) atoms. The van der Waals surface area contributed by atoms with Gasteiger partial charge in [0.1, 0.15) is 5.76 Å². The molecule has 0 bridgehead atoms. The van der Waals surface area contributed by atoms with Crippen LogP contribution >= 0.6 is 0 Å². The summed E-state index contributed by atoms with van der Waals surface area (Å²) in [6.45, 7) is 2.34. The van der Waals surface area contributed by atoms with Crippen LogP contribution in [0.2, 0.25) is 0 Å². The van der Waals surface area contributed by atoms with Crippen LogP contribution in [-0.2, 0) is 21.4 Å². The lowest BCUT2D eigenvalue weighted by Crippen LogP contribution is -2.66. The predicted octanol–water partition coefficient (Wildman–Crippen LogP) is -0.666. The molecule has 9 heteroatoms. The summed E-state index contributed by atoms with van der Waals surface area (Å²) in [4.78, 5) is 23.2. The summed E-state index contributed by atoms with van der Waals surface area (Å²) in [7, 11) is -3.71. The van der Waals surface area contributed by atoms with Gasteiger partial charge in [0.15, 0.2) is 4.75 Å². The molecule has 0 spiro atoms. The van der Waals surface area contributed by atoms with Crippen molar-refractivity contribution in [1.82, 2.24) is 9.73 Å². The molecule has 3 N–H and O–H groups in total. The van der Waals surface area contributed by atoms with Crippen molar-refractivity contribution in [3.8, 4) is 0 Å². The molecule has 0 radical (unpaired) electrons. The molecule has 2 heterocycles. The molecule has 104 valence electrons. The fourth-order valence-corrected chi connectivity index (χ4v) is 3.27. The van der Waals surface area contributed by atoms with Gasteiger partial charge in [0.25, 0.3) is 21.8 Å². The normalized spacial score (nSPS) is 19.9. The lowest BCUT2D eigenvalue weighted by Gasteiger charge is -2.42. The Morgan fingerprint density at radius 2 is 2.16 bits per heavy atom. The number of nitrogens with one attached hydrogen (secondary N) is 1. The van der Waals surface area contributed by atoms with Crippen LogP contribution in [-0.4, -0.2) is 29.3 Å². The van der Waals surface area contributed by atoms with Gasteiger partial charge in [0.05, 0.1) is 18.4 Å². The van der Waals surface area contributed by atoms with Crippen molar-refractivity contribution in [3.63, 3.8) is 0 Å². The molecule has 0 saturated carbocycles. The van der Waals surface area contributed by atoms with Crippen molar-refractivity contribution in [3.05, 3.63) is 23.7 Å². The maximum absolute atomic E-state index is 11.9. The van der Waals surface area contributed by atoms with E-state index in [2.05, 4.69) is 0 Å². The van der Waals surface area contributed by atoms with Gasteiger partial charge in [0.2, 0.25) is 0 Å². The summed E-state index contributed by atoms with van der Waals surface area (Å²) in [5.74, 6) is 3.90. The average Bonchev–Trinajstić information content (AvgIpc) is 2.81. The van der Waals surface area contributed by atoms with Crippen molar-refractivity contribution in [2.45, 2.75) is 25.1 Å². The molecule has 0 aromatic carbocycles. The van der Waals surface area contributed by atoms with E-state index in [-0.39, 0.29) is 17.9 Å². The fourth-order valence-electron chi connectivity index (χ4n) is 1.79. The maximum Gasteiger partial charge on any atom is 0.268 e. The highest BCUT2D eigenvalue weighted by molar-refractivity contribution is 7.94. The van der Waals surface area contributed by atoms with Crippen molar-refractivity contribution in [2.24, 2.45) is 5.84 Å². The van der Waals surface area contributed by atoms with Crippen molar-refractivity contribution in [1.29, 1.82) is 0 Å². The predicted molar refractivity (Wildman–Crippen MR) is 63.9 cm³/mol. The number of carbonyl (C=O) groups is 2. The van der Waals surface area contributed by atoms with Gasteiger partial charge in [-0.1, -0.05) is 0 Å². The summed E-state index contributed by atoms with van der Waals surface area (Å²) in [5.41, 5.74) is 2.01. The molecule has 0 atom stereocenters. The minimum absolute atomic E-state index is 0.0652. The van der Waals surface area contributed by atoms with Crippen LogP contribution in [0.25, 0.3) is 0 Å². The lowest BCUT2D eigenvalue weighted by molar-refractivity contribution is -0.132. The second-order valence-corrected chi connectivity index (χ2v) is 6.97. The molecular weight excluding hydrogens is 274 g/mol. The molecule has 1 aromatic rings. The number of amides is 2. The molecule has 0 aliphatic carbocycles. The minimum Gasteiger partial charge on any atom is -0.467 e. The van der Waals surface area contributed by atoms with Crippen LogP contribution < -0.4 is 11.3 Å². The van der Waals surface area contributed by atoms with Crippen LogP contribution in [0.4, 0.5) is 0 Å². The largest absolute Gasteiger partial charge is 0.467 e. The molecule has 1 fully saturated rings. The zero-order valence-electron chi connectivity index (χ0n) is 10.3. The van der Waals surface area contributed by atoms with Crippen molar-refractivity contribution < 1.29 is 22.4 Å². The van der Waals surface area contributed by atoms with Gasteiger partial charge in [0, 0.05) is 0 Å². The van der Waals surface area contributed by atoms with E-state index in [1.807, 2.05) is 5.43 Å². The Kier molecular flexibility index (Phi) is 2.90. The average molecular weight is 287 g/mol. The van der Waals surface area contributed by atoms with E-state index in [0.29, 0.717) is 4.31 Å². The number of hydrazine groups is 1. The first-order chi connectivity index (χ1) is 8.73. The molecule has 1 aromatic heterocycles. The Morgan fingerprint density at radius 3 is 2.68 bits per heavy atom. The molecule has 1 aliphatic heterocycles. The Balaban J connectivity index is 2.28. The standard InChI is InChI=1S/C10H13N3O5S/c1-10(2)9(15)13(19(10,16)17)5-7-6(3-4-18-7)8(14)12-11/h3-4H,5,11H2,1-2H3,(H,12,14). The van der Waals surface area contributed by atoms with Gasteiger partial charge >= 0.3 is 0 Å². The van der Waals surface area contributed by atoms with E-state index >= 15 is 0 Å². The summed E-state index contributed by atoms with van der Waals surface area (Å²) < 4.78 is 28.1. The lowest BCUT2D eigenvalue weighted by atomic mass is 10.1.